The van der Waals surface area contributed by atoms with Gasteiger partial charge in [-0.25, -0.2) is 9.97 Å². The number of benzene rings is 2. The van der Waals surface area contributed by atoms with Gasteiger partial charge in [-0.1, -0.05) is 18.7 Å². The Balaban J connectivity index is 1.70. The summed E-state index contributed by atoms with van der Waals surface area (Å²) in [5, 5.41) is 17.0. The summed E-state index contributed by atoms with van der Waals surface area (Å²) in [5.74, 6) is 0.894. The fraction of sp³-hybridized carbons (Fsp3) is 0.310. The Bertz CT molecular complexity index is 1360. The largest absolute Gasteiger partial charge is 0.494 e. The van der Waals surface area contributed by atoms with Gasteiger partial charge in [0.05, 0.1) is 29.9 Å². The minimum atomic E-state index is -0.291. The molecule has 2 atom stereocenters. The third kappa shape index (κ3) is 6.01. The third-order valence-electron chi connectivity index (χ3n) is 7.17. The number of ether oxygens (including phenoxy) is 1. The van der Waals surface area contributed by atoms with Crippen molar-refractivity contribution in [2.24, 2.45) is 0 Å². The topological polar surface area (TPSA) is 118 Å². The van der Waals surface area contributed by atoms with Crippen molar-refractivity contribution in [1.29, 1.82) is 5.41 Å². The molecule has 10 nitrogen and oxygen atoms in total. The molecule has 0 aliphatic carbocycles. The molecule has 1 fully saturated rings. The van der Waals surface area contributed by atoms with Crippen molar-refractivity contribution in [3.63, 3.8) is 0 Å². The number of carbonyl (C=O) groups is 1. The van der Waals surface area contributed by atoms with Gasteiger partial charge in [-0.2, -0.15) is 0 Å². The van der Waals surface area contributed by atoms with Crippen LogP contribution in [0.25, 0.3) is 11.3 Å². The number of hydrogen-bond donors (Lipinski definition) is 4. The highest BCUT2D eigenvalue weighted by atomic mass is 16.5. The predicted molar refractivity (Wildman–Crippen MR) is 159 cm³/mol. The zero-order chi connectivity index (χ0) is 28.1. The lowest BCUT2D eigenvalue weighted by Crippen LogP contribution is -2.55. The molecule has 4 N–H and O–H groups in total. The maximum atomic E-state index is 12.4. The van der Waals surface area contributed by atoms with Gasteiger partial charge in [0, 0.05) is 67.4 Å². The SMILES string of the molecule is C=CC(=O)Nc1cc(Nc2cc(-c3ccc(C=N)c(NC)c3)ncn2)c(OC)cc1N1CC(C)N(C)[C@H](C)C1. The van der Waals surface area contributed by atoms with Crippen molar-refractivity contribution < 1.29 is 9.53 Å². The van der Waals surface area contributed by atoms with Crippen LogP contribution in [0.4, 0.5) is 28.6 Å². The lowest BCUT2D eigenvalue weighted by atomic mass is 10.1. The summed E-state index contributed by atoms with van der Waals surface area (Å²) in [7, 11) is 5.58. The Kier molecular flexibility index (Phi) is 8.46. The standard InChI is InChI=1S/C29H36N8O2/c1-7-29(38)35-24-11-25(27(39-6)13-26(24)37-15-18(2)36(5)19(3)16-37)34-28-12-23(32-17-33-28)20-8-9-21(14-30)22(10-20)31-4/h7-14,17-19,30-31H,1,15-16H2,2-6H3,(H,35,38)(H,32,33,34)/t18-,19?/m1/s1. The molecule has 1 amide bonds. The molecule has 1 aliphatic rings. The van der Waals surface area contributed by atoms with Gasteiger partial charge in [0.2, 0.25) is 5.91 Å². The molecule has 1 saturated heterocycles. The third-order valence-corrected chi connectivity index (χ3v) is 7.17. The van der Waals surface area contributed by atoms with E-state index in [0.29, 0.717) is 35.0 Å². The molecule has 39 heavy (non-hydrogen) atoms. The molecule has 1 aromatic heterocycles. The fourth-order valence-electron chi connectivity index (χ4n) is 4.76. The number of nitrogens with zero attached hydrogens (tertiary/aromatic N) is 4. The summed E-state index contributed by atoms with van der Waals surface area (Å²) in [6, 6.07) is 12.1. The summed E-state index contributed by atoms with van der Waals surface area (Å²) in [6.07, 6.45) is 4.07. The Morgan fingerprint density at radius 1 is 1.10 bits per heavy atom. The average molecular weight is 529 g/mol. The number of anilines is 5. The Hall–Kier alpha value is -4.44. The van der Waals surface area contributed by atoms with E-state index in [0.717, 1.165) is 41.3 Å². The number of piperazine rings is 1. The average Bonchev–Trinajstić information content (AvgIpc) is 2.95. The van der Waals surface area contributed by atoms with Crippen molar-refractivity contribution in [2.75, 3.05) is 55.1 Å². The summed E-state index contributed by atoms with van der Waals surface area (Å²) in [6.45, 7) is 9.63. The van der Waals surface area contributed by atoms with Gasteiger partial charge < -0.3 is 31.0 Å². The van der Waals surface area contributed by atoms with Crippen LogP contribution in [-0.2, 0) is 4.79 Å². The van der Waals surface area contributed by atoms with Crippen LogP contribution in [0.2, 0.25) is 0 Å². The second-order valence-corrected chi connectivity index (χ2v) is 9.64. The van der Waals surface area contributed by atoms with E-state index in [2.05, 4.69) is 63.2 Å². The highest BCUT2D eigenvalue weighted by Gasteiger charge is 2.29. The molecule has 2 heterocycles. The highest BCUT2D eigenvalue weighted by Crippen LogP contribution is 2.39. The number of amides is 1. The van der Waals surface area contributed by atoms with E-state index in [1.165, 1.54) is 18.6 Å². The molecule has 1 aliphatic heterocycles. The number of methoxy groups -OCH3 is 1. The molecule has 1 unspecified atom stereocenters. The fourth-order valence-corrected chi connectivity index (χ4v) is 4.76. The Labute approximate surface area is 229 Å². The minimum absolute atomic E-state index is 0.291. The lowest BCUT2D eigenvalue weighted by Gasteiger charge is -2.44. The van der Waals surface area contributed by atoms with Crippen LogP contribution in [0.5, 0.6) is 5.75 Å². The number of carbonyl (C=O) groups excluding carboxylic acids is 1. The molecule has 3 aromatic rings. The zero-order valence-corrected chi connectivity index (χ0v) is 23.1. The van der Waals surface area contributed by atoms with Crippen LogP contribution in [0.15, 0.2) is 55.4 Å². The van der Waals surface area contributed by atoms with Crippen LogP contribution >= 0.6 is 0 Å². The molecule has 0 saturated carbocycles. The van der Waals surface area contributed by atoms with E-state index < -0.39 is 0 Å². The minimum Gasteiger partial charge on any atom is -0.494 e. The van der Waals surface area contributed by atoms with Gasteiger partial charge >= 0.3 is 0 Å². The number of hydrogen-bond acceptors (Lipinski definition) is 9. The second-order valence-electron chi connectivity index (χ2n) is 9.64. The normalized spacial score (nSPS) is 17.3. The van der Waals surface area contributed by atoms with Crippen molar-refractivity contribution >= 4 is 40.7 Å². The van der Waals surface area contributed by atoms with Crippen LogP contribution in [0.3, 0.4) is 0 Å². The van der Waals surface area contributed by atoms with Crippen LogP contribution < -0.4 is 25.6 Å². The maximum Gasteiger partial charge on any atom is 0.247 e. The molecule has 4 rings (SSSR count). The molecule has 0 spiro atoms. The summed E-state index contributed by atoms with van der Waals surface area (Å²) >= 11 is 0. The van der Waals surface area contributed by atoms with Crippen LogP contribution in [-0.4, -0.2) is 73.4 Å². The van der Waals surface area contributed by atoms with Gasteiger partial charge in [0.25, 0.3) is 0 Å². The van der Waals surface area contributed by atoms with Gasteiger partial charge in [0.1, 0.15) is 17.9 Å². The molecule has 204 valence electrons. The first-order valence-corrected chi connectivity index (χ1v) is 12.8. The van der Waals surface area contributed by atoms with Crippen molar-refractivity contribution in [3.8, 4) is 17.0 Å². The van der Waals surface area contributed by atoms with E-state index in [9.17, 15) is 4.79 Å². The van der Waals surface area contributed by atoms with Crippen molar-refractivity contribution in [2.45, 2.75) is 25.9 Å². The zero-order valence-electron chi connectivity index (χ0n) is 23.1. The van der Waals surface area contributed by atoms with E-state index >= 15 is 0 Å². The molecular formula is C29H36N8O2. The summed E-state index contributed by atoms with van der Waals surface area (Å²) in [4.78, 5) is 25.9. The molecule has 0 bridgehead atoms. The first kappa shape index (κ1) is 27.6. The Morgan fingerprint density at radius 2 is 1.85 bits per heavy atom. The number of nitrogens with one attached hydrogen (secondary N) is 4. The number of aromatic nitrogens is 2. The molecule has 10 heteroatoms. The van der Waals surface area contributed by atoms with Crippen LogP contribution in [0, 0.1) is 5.41 Å². The Morgan fingerprint density at radius 3 is 2.49 bits per heavy atom. The first-order chi connectivity index (χ1) is 18.8. The quantitative estimate of drug-likeness (QED) is 0.235. The predicted octanol–water partition coefficient (Wildman–Crippen LogP) is 4.59. The second kappa shape index (κ2) is 12.0. The van der Waals surface area contributed by atoms with E-state index in [4.69, 9.17) is 10.1 Å². The molecular weight excluding hydrogens is 492 g/mol. The van der Waals surface area contributed by atoms with Crippen molar-refractivity contribution in [3.05, 3.63) is 60.9 Å². The van der Waals surface area contributed by atoms with E-state index in [-0.39, 0.29) is 5.91 Å². The number of likely N-dealkylation sites (N-methyl/N-ethyl adjacent to an activating group) is 1. The maximum absolute atomic E-state index is 12.4. The van der Waals surface area contributed by atoms with Gasteiger partial charge in [0.15, 0.2) is 0 Å². The van der Waals surface area contributed by atoms with E-state index in [1.54, 1.807) is 7.11 Å². The van der Waals surface area contributed by atoms with Gasteiger partial charge in [-0.15, -0.1) is 0 Å². The highest BCUT2D eigenvalue weighted by molar-refractivity contribution is 6.02. The van der Waals surface area contributed by atoms with Gasteiger partial charge in [-0.3, -0.25) is 9.69 Å². The summed E-state index contributed by atoms with van der Waals surface area (Å²) < 4.78 is 5.78. The van der Waals surface area contributed by atoms with Crippen LogP contribution in [0.1, 0.15) is 19.4 Å². The number of rotatable bonds is 9. The monoisotopic (exact) mass is 528 g/mol. The summed E-state index contributed by atoms with van der Waals surface area (Å²) in [5.41, 5.74) is 5.41. The molecule has 0 radical (unpaired) electrons. The lowest BCUT2D eigenvalue weighted by molar-refractivity contribution is -0.111. The first-order valence-electron chi connectivity index (χ1n) is 12.8. The molecule has 2 aromatic carbocycles. The van der Waals surface area contributed by atoms with Crippen molar-refractivity contribution in [1.82, 2.24) is 14.9 Å². The van der Waals surface area contributed by atoms with Gasteiger partial charge in [-0.05, 0) is 39.1 Å². The van der Waals surface area contributed by atoms with E-state index in [1.807, 2.05) is 43.4 Å². The smallest absolute Gasteiger partial charge is 0.247 e.